The molecule has 0 saturated carbocycles. The second-order valence-corrected chi connectivity index (χ2v) is 5.59. The molecule has 0 aliphatic rings. The molecule has 1 rings (SSSR count). The van der Waals surface area contributed by atoms with Gasteiger partial charge in [0.1, 0.15) is 5.82 Å². The lowest BCUT2D eigenvalue weighted by atomic mass is 9.88. The molecule has 4 nitrogen and oxygen atoms in total. The van der Waals surface area contributed by atoms with Crippen molar-refractivity contribution in [1.82, 2.24) is 14.9 Å². The van der Waals surface area contributed by atoms with Gasteiger partial charge in [-0.1, -0.05) is 19.9 Å². The second-order valence-electron chi connectivity index (χ2n) is 5.59. The summed E-state index contributed by atoms with van der Waals surface area (Å²) in [6.45, 7) is 12.8. The molecule has 102 valence electrons. The molecule has 0 amide bonds. The van der Waals surface area contributed by atoms with Crippen LogP contribution in [0.25, 0.3) is 0 Å². The van der Waals surface area contributed by atoms with E-state index in [4.69, 9.17) is 5.11 Å². The quantitative estimate of drug-likeness (QED) is 0.696. The van der Waals surface area contributed by atoms with Crippen molar-refractivity contribution in [3.63, 3.8) is 0 Å². The summed E-state index contributed by atoms with van der Waals surface area (Å²) in [6, 6.07) is 0. The first-order chi connectivity index (χ1) is 8.46. The third kappa shape index (κ3) is 5.02. The molecule has 0 bridgehead atoms. The van der Waals surface area contributed by atoms with Crippen molar-refractivity contribution in [2.45, 2.75) is 33.7 Å². The molecule has 0 saturated heterocycles. The van der Waals surface area contributed by atoms with E-state index in [1.54, 1.807) is 0 Å². The summed E-state index contributed by atoms with van der Waals surface area (Å²) < 4.78 is 0. The second kappa shape index (κ2) is 6.71. The van der Waals surface area contributed by atoms with Crippen molar-refractivity contribution in [1.29, 1.82) is 0 Å². The molecular weight excluding hydrogens is 226 g/mol. The van der Waals surface area contributed by atoms with Gasteiger partial charge in [0.25, 0.3) is 0 Å². The highest BCUT2D eigenvalue weighted by Crippen LogP contribution is 2.22. The van der Waals surface area contributed by atoms with Crippen LogP contribution in [0.4, 0.5) is 0 Å². The number of aliphatic hydroxyl groups is 1. The first-order valence-corrected chi connectivity index (χ1v) is 6.41. The molecule has 1 aromatic rings. The number of nitrogens with zero attached hydrogens (tertiary/aromatic N) is 2. The molecule has 2 N–H and O–H groups in total. The summed E-state index contributed by atoms with van der Waals surface area (Å²) in [5.41, 5.74) is 1.27. The number of hydrogen-bond acceptors (Lipinski definition) is 3. The number of hydrogen-bond donors (Lipinski definition) is 2. The summed E-state index contributed by atoms with van der Waals surface area (Å²) in [5, 5.41) is 9.16. The SMILES string of the molecule is C=CCC(C)(C)CN(CCO)Cc1cnc(C)[nH]1. The topological polar surface area (TPSA) is 52.1 Å². The van der Waals surface area contributed by atoms with Crippen LogP contribution in [0.5, 0.6) is 0 Å². The molecule has 0 fully saturated rings. The van der Waals surface area contributed by atoms with Gasteiger partial charge in [-0.2, -0.15) is 0 Å². The number of aliphatic hydroxyl groups excluding tert-OH is 1. The number of allylic oxidation sites excluding steroid dienone is 1. The maximum Gasteiger partial charge on any atom is 0.103 e. The van der Waals surface area contributed by atoms with Gasteiger partial charge in [-0.3, -0.25) is 4.90 Å². The summed E-state index contributed by atoms with van der Waals surface area (Å²) in [7, 11) is 0. The molecule has 18 heavy (non-hydrogen) atoms. The van der Waals surface area contributed by atoms with E-state index in [2.05, 4.69) is 35.3 Å². The lowest BCUT2D eigenvalue weighted by molar-refractivity contribution is 0.137. The maximum atomic E-state index is 9.16. The number of rotatable bonds is 8. The minimum Gasteiger partial charge on any atom is -0.395 e. The van der Waals surface area contributed by atoms with E-state index >= 15 is 0 Å². The van der Waals surface area contributed by atoms with Gasteiger partial charge in [0.15, 0.2) is 0 Å². The zero-order valence-corrected chi connectivity index (χ0v) is 11.7. The summed E-state index contributed by atoms with van der Waals surface area (Å²) in [4.78, 5) is 9.68. The van der Waals surface area contributed by atoms with E-state index in [-0.39, 0.29) is 12.0 Å². The average Bonchev–Trinajstić information content (AvgIpc) is 2.63. The number of imidazole rings is 1. The molecule has 0 aliphatic carbocycles. The van der Waals surface area contributed by atoms with Crippen LogP contribution in [-0.4, -0.2) is 39.7 Å². The minimum absolute atomic E-state index is 0.173. The Morgan fingerprint density at radius 2 is 2.28 bits per heavy atom. The van der Waals surface area contributed by atoms with E-state index in [0.717, 1.165) is 31.0 Å². The highest BCUT2D eigenvalue weighted by atomic mass is 16.3. The number of nitrogens with one attached hydrogen (secondary N) is 1. The molecule has 0 spiro atoms. The first-order valence-electron chi connectivity index (χ1n) is 6.41. The van der Waals surface area contributed by atoms with Gasteiger partial charge in [0.05, 0.1) is 6.61 Å². The Balaban J connectivity index is 2.61. The summed E-state index contributed by atoms with van der Waals surface area (Å²) in [5.74, 6) is 0.930. The van der Waals surface area contributed by atoms with Crippen LogP contribution in [0, 0.1) is 12.3 Å². The number of H-pyrrole nitrogens is 1. The Morgan fingerprint density at radius 1 is 1.56 bits per heavy atom. The standard InChI is InChI=1S/C14H25N3O/c1-5-6-14(3,4)11-17(7-8-18)10-13-9-15-12(2)16-13/h5,9,18H,1,6-8,10-11H2,2-4H3,(H,15,16). The minimum atomic E-state index is 0.173. The summed E-state index contributed by atoms with van der Waals surface area (Å²) >= 11 is 0. The zero-order valence-electron chi connectivity index (χ0n) is 11.7. The van der Waals surface area contributed by atoms with Gasteiger partial charge >= 0.3 is 0 Å². The Bertz CT molecular complexity index is 371. The number of aromatic amines is 1. The molecule has 0 aliphatic heterocycles. The molecule has 0 unspecified atom stereocenters. The molecule has 0 aromatic carbocycles. The van der Waals surface area contributed by atoms with Crippen molar-refractivity contribution < 1.29 is 5.11 Å². The zero-order chi connectivity index (χ0) is 13.6. The predicted molar refractivity (Wildman–Crippen MR) is 74.3 cm³/mol. The lowest BCUT2D eigenvalue weighted by Crippen LogP contribution is -2.35. The predicted octanol–water partition coefficient (Wildman–Crippen LogP) is 2.11. The van der Waals surface area contributed by atoms with Crippen LogP contribution in [-0.2, 0) is 6.54 Å². The molecular formula is C14H25N3O. The first kappa shape index (κ1) is 14.9. The molecule has 4 heteroatoms. The van der Waals surface area contributed by atoms with Crippen molar-refractivity contribution in [3.05, 3.63) is 30.4 Å². The average molecular weight is 251 g/mol. The monoisotopic (exact) mass is 251 g/mol. The van der Waals surface area contributed by atoms with Gasteiger partial charge in [-0.25, -0.2) is 4.98 Å². The summed E-state index contributed by atoms with van der Waals surface area (Å²) in [6.07, 6.45) is 4.79. The molecule has 1 aromatic heterocycles. The Kier molecular flexibility index (Phi) is 5.56. The largest absolute Gasteiger partial charge is 0.395 e. The van der Waals surface area contributed by atoms with Gasteiger partial charge in [-0.05, 0) is 18.8 Å². The van der Waals surface area contributed by atoms with Crippen LogP contribution in [0.2, 0.25) is 0 Å². The van der Waals surface area contributed by atoms with Crippen LogP contribution in [0.15, 0.2) is 18.9 Å². The third-order valence-corrected chi connectivity index (χ3v) is 2.91. The van der Waals surface area contributed by atoms with Crippen molar-refractivity contribution in [3.8, 4) is 0 Å². The van der Waals surface area contributed by atoms with Gasteiger partial charge in [-0.15, -0.1) is 6.58 Å². The van der Waals surface area contributed by atoms with Crippen molar-refractivity contribution in [2.24, 2.45) is 5.41 Å². The van der Waals surface area contributed by atoms with Gasteiger partial charge < -0.3 is 10.1 Å². The Hall–Kier alpha value is -1.13. The van der Waals surface area contributed by atoms with E-state index in [1.807, 2.05) is 19.2 Å². The number of aromatic nitrogens is 2. The van der Waals surface area contributed by atoms with Crippen molar-refractivity contribution in [2.75, 3.05) is 19.7 Å². The normalized spacial score (nSPS) is 12.1. The van der Waals surface area contributed by atoms with Crippen LogP contribution >= 0.6 is 0 Å². The van der Waals surface area contributed by atoms with E-state index in [9.17, 15) is 0 Å². The Morgan fingerprint density at radius 3 is 2.78 bits per heavy atom. The van der Waals surface area contributed by atoms with E-state index in [1.165, 1.54) is 0 Å². The molecule has 0 atom stereocenters. The van der Waals surface area contributed by atoms with Crippen LogP contribution in [0.1, 0.15) is 31.8 Å². The van der Waals surface area contributed by atoms with E-state index in [0.29, 0.717) is 6.54 Å². The fraction of sp³-hybridized carbons (Fsp3) is 0.643. The lowest BCUT2D eigenvalue weighted by Gasteiger charge is -2.31. The smallest absolute Gasteiger partial charge is 0.103 e. The highest BCUT2D eigenvalue weighted by Gasteiger charge is 2.20. The fourth-order valence-corrected chi connectivity index (χ4v) is 2.21. The van der Waals surface area contributed by atoms with E-state index < -0.39 is 0 Å². The molecule has 1 heterocycles. The molecule has 0 radical (unpaired) electrons. The third-order valence-electron chi connectivity index (χ3n) is 2.91. The highest BCUT2D eigenvalue weighted by molar-refractivity contribution is 5.00. The Labute approximate surface area is 110 Å². The van der Waals surface area contributed by atoms with Gasteiger partial charge in [0.2, 0.25) is 0 Å². The van der Waals surface area contributed by atoms with Crippen molar-refractivity contribution >= 4 is 0 Å². The van der Waals surface area contributed by atoms with Gasteiger partial charge in [0, 0.05) is 31.5 Å². The fourth-order valence-electron chi connectivity index (χ4n) is 2.21. The maximum absolute atomic E-state index is 9.16. The van der Waals surface area contributed by atoms with Crippen LogP contribution in [0.3, 0.4) is 0 Å². The number of aryl methyl sites for hydroxylation is 1. The van der Waals surface area contributed by atoms with Crippen LogP contribution < -0.4 is 0 Å².